The van der Waals surface area contributed by atoms with Crippen molar-refractivity contribution in [2.45, 2.75) is 38.5 Å². The Labute approximate surface area is 250 Å². The Kier molecular flexibility index (Phi) is 10.7. The van der Waals surface area contributed by atoms with Gasteiger partial charge >= 0.3 is 0 Å². The molecule has 216 valence electrons. The highest BCUT2D eigenvalue weighted by molar-refractivity contribution is 8.00. The van der Waals surface area contributed by atoms with Gasteiger partial charge in [0.15, 0.2) is 11.6 Å². The fourth-order valence-electron chi connectivity index (χ4n) is 4.13. The van der Waals surface area contributed by atoms with E-state index >= 15 is 0 Å². The van der Waals surface area contributed by atoms with Crippen LogP contribution in [0.15, 0.2) is 95.9 Å². The van der Waals surface area contributed by atoms with Crippen LogP contribution in [0.2, 0.25) is 0 Å². The highest BCUT2D eigenvalue weighted by Crippen LogP contribution is 2.31. The van der Waals surface area contributed by atoms with E-state index in [1.54, 1.807) is 13.2 Å². The zero-order valence-electron chi connectivity index (χ0n) is 24.1. The SMILES string of the molecule is CC.CCCc1cc(Nc2nc3ccccc3nc2NSc2cccc(NC(=O)c3ccc(F)cc3)c2)cc(OC)c1. The lowest BCUT2D eigenvalue weighted by atomic mass is 10.1. The highest BCUT2D eigenvalue weighted by Gasteiger charge is 2.12. The molecule has 9 heteroatoms. The maximum atomic E-state index is 13.2. The van der Waals surface area contributed by atoms with Crippen molar-refractivity contribution in [3.8, 4) is 5.75 Å². The lowest BCUT2D eigenvalue weighted by Gasteiger charge is -2.15. The van der Waals surface area contributed by atoms with Crippen LogP contribution in [0.1, 0.15) is 43.1 Å². The highest BCUT2D eigenvalue weighted by atomic mass is 32.2. The van der Waals surface area contributed by atoms with Crippen molar-refractivity contribution in [1.29, 1.82) is 0 Å². The number of carbonyl (C=O) groups is 1. The summed E-state index contributed by atoms with van der Waals surface area (Å²) in [7, 11) is 1.66. The van der Waals surface area contributed by atoms with E-state index in [0.29, 0.717) is 22.9 Å². The van der Waals surface area contributed by atoms with Crippen molar-refractivity contribution in [2.75, 3.05) is 22.5 Å². The maximum Gasteiger partial charge on any atom is 0.255 e. The molecule has 1 aromatic heterocycles. The largest absolute Gasteiger partial charge is 0.497 e. The predicted molar refractivity (Wildman–Crippen MR) is 171 cm³/mol. The number of para-hydroxylation sites is 2. The Hall–Kier alpha value is -4.63. The van der Waals surface area contributed by atoms with Crippen molar-refractivity contribution in [3.63, 3.8) is 0 Å². The van der Waals surface area contributed by atoms with E-state index in [1.165, 1.54) is 41.8 Å². The molecule has 5 aromatic rings. The summed E-state index contributed by atoms with van der Waals surface area (Å²) in [6, 6.07) is 26.6. The van der Waals surface area contributed by atoms with Crippen molar-refractivity contribution < 1.29 is 13.9 Å². The summed E-state index contributed by atoms with van der Waals surface area (Å²) in [5.74, 6) is 1.19. The molecule has 0 atom stereocenters. The summed E-state index contributed by atoms with van der Waals surface area (Å²) < 4.78 is 22.1. The van der Waals surface area contributed by atoms with Gasteiger partial charge in [0.05, 0.1) is 18.1 Å². The van der Waals surface area contributed by atoms with E-state index < -0.39 is 0 Å². The number of carbonyl (C=O) groups excluding carboxylic acids is 1. The summed E-state index contributed by atoms with van der Waals surface area (Å²) in [4.78, 5) is 23.1. The van der Waals surface area contributed by atoms with Gasteiger partial charge in [0, 0.05) is 27.9 Å². The van der Waals surface area contributed by atoms with Crippen molar-refractivity contribution in [2.24, 2.45) is 0 Å². The minimum absolute atomic E-state index is 0.317. The van der Waals surface area contributed by atoms with Gasteiger partial charge in [0.25, 0.3) is 5.91 Å². The summed E-state index contributed by atoms with van der Waals surface area (Å²) in [5, 5.41) is 6.28. The second-order valence-corrected chi connectivity index (χ2v) is 9.93. The quantitative estimate of drug-likeness (QED) is 0.142. The molecular formula is C33H34FN5O2S. The molecule has 1 heterocycles. The van der Waals surface area contributed by atoms with Gasteiger partial charge in [-0.1, -0.05) is 45.4 Å². The van der Waals surface area contributed by atoms with Crippen LogP contribution in [0.3, 0.4) is 0 Å². The summed E-state index contributed by atoms with van der Waals surface area (Å²) >= 11 is 1.35. The first-order valence-electron chi connectivity index (χ1n) is 13.8. The van der Waals surface area contributed by atoms with Crippen LogP contribution >= 0.6 is 11.9 Å². The van der Waals surface area contributed by atoms with Gasteiger partial charge in [0.2, 0.25) is 0 Å². The molecule has 0 fully saturated rings. The number of anilines is 4. The monoisotopic (exact) mass is 583 g/mol. The summed E-state index contributed by atoms with van der Waals surface area (Å²) in [6.45, 7) is 6.14. The Morgan fingerprint density at radius 1 is 0.857 bits per heavy atom. The minimum Gasteiger partial charge on any atom is -0.497 e. The number of ether oxygens (including phenoxy) is 1. The third kappa shape index (κ3) is 7.98. The molecular weight excluding hydrogens is 549 g/mol. The van der Waals surface area contributed by atoms with E-state index in [4.69, 9.17) is 14.7 Å². The number of halogens is 1. The number of hydrogen-bond acceptors (Lipinski definition) is 7. The molecule has 1 amide bonds. The number of fused-ring (bicyclic) bond motifs is 1. The Morgan fingerprint density at radius 3 is 2.26 bits per heavy atom. The average molecular weight is 584 g/mol. The fourth-order valence-corrected chi connectivity index (χ4v) is 4.82. The van der Waals surface area contributed by atoms with E-state index in [1.807, 2.05) is 68.4 Å². The van der Waals surface area contributed by atoms with Crippen molar-refractivity contribution in [1.82, 2.24) is 9.97 Å². The van der Waals surface area contributed by atoms with Gasteiger partial charge in [-0.25, -0.2) is 14.4 Å². The van der Waals surface area contributed by atoms with Crippen LogP contribution in [0.4, 0.5) is 27.4 Å². The number of aromatic nitrogens is 2. The fraction of sp³-hybridized carbons (Fsp3) is 0.182. The molecule has 7 nitrogen and oxygen atoms in total. The number of nitrogens with one attached hydrogen (secondary N) is 3. The molecule has 0 aliphatic heterocycles. The number of aryl methyl sites for hydroxylation is 1. The van der Waals surface area contributed by atoms with Gasteiger partial charge in [-0.3, -0.25) is 4.79 Å². The van der Waals surface area contributed by atoms with Gasteiger partial charge in [0.1, 0.15) is 11.6 Å². The predicted octanol–water partition coefficient (Wildman–Crippen LogP) is 8.87. The molecule has 0 saturated heterocycles. The standard InChI is InChI=1S/C31H28FN5O2S.C2H6/c1-3-7-20-16-24(18-25(17-20)39-2)33-29-30(36-28-11-5-4-10-27(28)35-29)37-40-26-9-6-8-23(19-26)34-31(38)21-12-14-22(32)15-13-21;1-2/h4-6,8-19H,3,7H2,1-2H3,(H,33,35)(H,34,38)(H,36,37);1-2H3. The van der Waals surface area contributed by atoms with Gasteiger partial charge in [-0.05, 0) is 90.7 Å². The zero-order valence-corrected chi connectivity index (χ0v) is 24.9. The number of nitrogens with zero attached hydrogens (tertiary/aromatic N) is 2. The normalized spacial score (nSPS) is 10.4. The molecule has 5 rings (SSSR count). The van der Waals surface area contributed by atoms with Gasteiger partial charge < -0.3 is 20.1 Å². The third-order valence-electron chi connectivity index (χ3n) is 6.04. The molecule has 0 saturated carbocycles. The average Bonchev–Trinajstić information content (AvgIpc) is 3.01. The molecule has 4 aromatic carbocycles. The molecule has 0 aliphatic carbocycles. The van der Waals surface area contributed by atoms with E-state index in [2.05, 4.69) is 28.3 Å². The van der Waals surface area contributed by atoms with Crippen molar-refractivity contribution in [3.05, 3.63) is 108 Å². The van der Waals surface area contributed by atoms with Gasteiger partial charge in [-0.15, -0.1) is 0 Å². The first kappa shape index (κ1) is 30.3. The Bertz CT molecular complexity index is 1650. The second kappa shape index (κ2) is 14.8. The number of amides is 1. The van der Waals surface area contributed by atoms with Crippen LogP contribution in [-0.2, 0) is 6.42 Å². The lowest BCUT2D eigenvalue weighted by molar-refractivity contribution is 0.102. The van der Waals surface area contributed by atoms with Crippen LogP contribution in [-0.4, -0.2) is 23.0 Å². The number of hydrogen-bond donors (Lipinski definition) is 3. The lowest BCUT2D eigenvalue weighted by Crippen LogP contribution is -2.11. The van der Waals surface area contributed by atoms with E-state index in [-0.39, 0.29) is 11.7 Å². The zero-order chi connectivity index (χ0) is 29.9. The molecule has 3 N–H and O–H groups in total. The number of rotatable bonds is 10. The first-order chi connectivity index (χ1) is 20.5. The third-order valence-corrected chi connectivity index (χ3v) is 6.82. The molecule has 0 spiro atoms. The first-order valence-corrected chi connectivity index (χ1v) is 14.6. The molecule has 0 bridgehead atoms. The Morgan fingerprint density at radius 2 is 1.57 bits per heavy atom. The topological polar surface area (TPSA) is 88.2 Å². The Balaban J connectivity index is 0.00000198. The number of methoxy groups -OCH3 is 1. The molecule has 0 unspecified atom stereocenters. The smallest absolute Gasteiger partial charge is 0.255 e. The molecule has 42 heavy (non-hydrogen) atoms. The van der Waals surface area contributed by atoms with Crippen LogP contribution in [0.5, 0.6) is 5.75 Å². The van der Waals surface area contributed by atoms with E-state index in [9.17, 15) is 9.18 Å². The second-order valence-electron chi connectivity index (χ2n) is 9.05. The summed E-state index contributed by atoms with van der Waals surface area (Å²) in [5.41, 5.74) is 4.53. The van der Waals surface area contributed by atoms with Crippen molar-refractivity contribution >= 4 is 51.9 Å². The molecule has 0 aliphatic rings. The minimum atomic E-state index is -0.389. The van der Waals surface area contributed by atoms with Crippen LogP contribution < -0.4 is 20.1 Å². The van der Waals surface area contributed by atoms with Crippen LogP contribution in [0, 0.1) is 5.82 Å². The molecule has 0 radical (unpaired) electrons. The van der Waals surface area contributed by atoms with Gasteiger partial charge in [-0.2, -0.15) is 0 Å². The summed E-state index contributed by atoms with van der Waals surface area (Å²) in [6.07, 6.45) is 1.96. The maximum absolute atomic E-state index is 13.2. The van der Waals surface area contributed by atoms with Crippen LogP contribution in [0.25, 0.3) is 11.0 Å². The number of benzene rings is 4. The van der Waals surface area contributed by atoms with E-state index in [0.717, 1.165) is 40.2 Å².